The van der Waals surface area contributed by atoms with E-state index in [-0.39, 0.29) is 25.7 Å². The molecule has 202 valence electrons. The summed E-state index contributed by atoms with van der Waals surface area (Å²) in [6, 6.07) is 22.8. The first-order chi connectivity index (χ1) is 19.5. The van der Waals surface area contributed by atoms with Crippen molar-refractivity contribution in [3.63, 3.8) is 0 Å². The van der Waals surface area contributed by atoms with Gasteiger partial charge in [-0.3, -0.25) is 14.5 Å². The third kappa shape index (κ3) is 5.18. The molecule has 0 N–H and O–H groups in total. The van der Waals surface area contributed by atoms with E-state index in [4.69, 9.17) is 35.5 Å². The molecule has 8 nitrogen and oxygen atoms in total. The molecule has 2 aliphatic rings. The molecule has 0 radical (unpaired) electrons. The van der Waals surface area contributed by atoms with Crippen LogP contribution in [0.2, 0.25) is 5.02 Å². The molecule has 0 fully saturated rings. The highest BCUT2D eigenvalue weighted by molar-refractivity contribution is 6.30. The lowest BCUT2D eigenvalue weighted by Gasteiger charge is -2.29. The first-order valence-corrected chi connectivity index (χ1v) is 13.3. The SMILES string of the molecule is CCOC(=O)CN1C(=O)COc2ccc(-c3cc(-c4ccc(Cl)cc4)cc(-c4ccc5c(c4)OCCO5)n3)cc21. The summed E-state index contributed by atoms with van der Waals surface area (Å²) in [4.78, 5) is 31.4. The Morgan fingerprint density at radius 1 is 0.825 bits per heavy atom. The van der Waals surface area contributed by atoms with Crippen LogP contribution in [0, 0.1) is 0 Å². The van der Waals surface area contributed by atoms with E-state index in [2.05, 4.69) is 0 Å². The monoisotopic (exact) mass is 556 g/mol. The van der Waals surface area contributed by atoms with Gasteiger partial charge in [0.05, 0.1) is 23.7 Å². The fourth-order valence-corrected chi connectivity index (χ4v) is 4.83. The molecule has 40 heavy (non-hydrogen) atoms. The normalized spacial score (nSPS) is 13.8. The van der Waals surface area contributed by atoms with Crippen molar-refractivity contribution in [1.29, 1.82) is 0 Å². The van der Waals surface area contributed by atoms with Crippen LogP contribution in [-0.4, -0.2) is 49.8 Å². The van der Waals surface area contributed by atoms with Gasteiger partial charge in [-0.2, -0.15) is 0 Å². The van der Waals surface area contributed by atoms with Gasteiger partial charge in [-0.05, 0) is 78.7 Å². The highest BCUT2D eigenvalue weighted by atomic mass is 35.5. The number of esters is 1. The van der Waals surface area contributed by atoms with Gasteiger partial charge in [0.25, 0.3) is 5.91 Å². The molecule has 4 aromatic rings. The molecule has 1 amide bonds. The Morgan fingerprint density at radius 2 is 1.48 bits per heavy atom. The standard InChI is InChI=1S/C31H25ClN2O6/c1-2-37-31(36)17-34-26-15-20(5-9-27(26)40-18-30(34)35)24-13-22(19-3-7-23(32)8-4-19)14-25(33-24)21-6-10-28-29(16-21)39-12-11-38-28/h3-10,13-16H,2,11-12,17-18H2,1H3. The lowest BCUT2D eigenvalue weighted by Crippen LogP contribution is -2.42. The van der Waals surface area contributed by atoms with Crippen LogP contribution >= 0.6 is 11.6 Å². The summed E-state index contributed by atoms with van der Waals surface area (Å²) in [5.41, 5.74) is 5.40. The van der Waals surface area contributed by atoms with Crippen molar-refractivity contribution < 1.29 is 28.5 Å². The predicted molar refractivity (Wildman–Crippen MR) is 151 cm³/mol. The Hall–Kier alpha value is -4.56. The van der Waals surface area contributed by atoms with Gasteiger partial charge in [0.15, 0.2) is 18.1 Å². The Balaban J connectivity index is 1.46. The first-order valence-electron chi connectivity index (χ1n) is 12.9. The van der Waals surface area contributed by atoms with Crippen LogP contribution in [0.4, 0.5) is 5.69 Å². The number of benzene rings is 3. The van der Waals surface area contributed by atoms with Gasteiger partial charge in [-0.1, -0.05) is 23.7 Å². The zero-order chi connectivity index (χ0) is 27.6. The number of fused-ring (bicyclic) bond motifs is 2. The molecule has 2 aliphatic heterocycles. The number of anilines is 1. The quantitative estimate of drug-likeness (QED) is 0.278. The van der Waals surface area contributed by atoms with Crippen molar-refractivity contribution in [2.24, 2.45) is 0 Å². The number of carbonyl (C=O) groups is 2. The Labute approximate surface area is 236 Å². The fourth-order valence-electron chi connectivity index (χ4n) is 4.71. The molecule has 6 rings (SSSR count). The van der Waals surface area contributed by atoms with Crippen LogP contribution in [0.15, 0.2) is 72.8 Å². The van der Waals surface area contributed by atoms with Crippen LogP contribution in [0.5, 0.6) is 17.2 Å². The van der Waals surface area contributed by atoms with Crippen LogP contribution in [-0.2, 0) is 14.3 Å². The number of rotatable bonds is 6. The molecular formula is C31H25ClN2O6. The van der Waals surface area contributed by atoms with Crippen molar-refractivity contribution in [2.45, 2.75) is 6.92 Å². The maximum absolute atomic E-state index is 12.7. The van der Waals surface area contributed by atoms with Gasteiger partial charge in [0.2, 0.25) is 0 Å². The van der Waals surface area contributed by atoms with Gasteiger partial charge in [0.1, 0.15) is 25.5 Å². The van der Waals surface area contributed by atoms with Crippen molar-refractivity contribution in [1.82, 2.24) is 4.98 Å². The molecule has 0 spiro atoms. The van der Waals surface area contributed by atoms with E-state index >= 15 is 0 Å². The van der Waals surface area contributed by atoms with E-state index in [1.165, 1.54) is 4.90 Å². The Kier molecular flexibility index (Phi) is 7.00. The molecule has 3 heterocycles. The minimum atomic E-state index is -0.488. The molecular weight excluding hydrogens is 532 g/mol. The number of hydrogen-bond acceptors (Lipinski definition) is 7. The largest absolute Gasteiger partial charge is 0.486 e. The van der Waals surface area contributed by atoms with Gasteiger partial charge in [0, 0.05) is 16.1 Å². The minimum Gasteiger partial charge on any atom is -0.486 e. The second-order valence-corrected chi connectivity index (χ2v) is 9.68. The van der Waals surface area contributed by atoms with E-state index in [0.717, 1.165) is 27.9 Å². The number of hydrogen-bond donors (Lipinski definition) is 0. The van der Waals surface area contributed by atoms with Gasteiger partial charge in [-0.25, -0.2) is 4.98 Å². The summed E-state index contributed by atoms with van der Waals surface area (Å²) >= 11 is 6.15. The molecule has 3 aromatic carbocycles. The first kappa shape index (κ1) is 25.7. The summed E-state index contributed by atoms with van der Waals surface area (Å²) in [7, 11) is 0. The maximum Gasteiger partial charge on any atom is 0.326 e. The Bertz CT molecular complexity index is 1600. The molecule has 0 unspecified atom stereocenters. The average molecular weight is 557 g/mol. The molecule has 0 aliphatic carbocycles. The molecule has 1 aromatic heterocycles. The summed E-state index contributed by atoms with van der Waals surface area (Å²) < 4.78 is 22.2. The van der Waals surface area contributed by atoms with Crippen molar-refractivity contribution in [2.75, 3.05) is 37.9 Å². The second-order valence-electron chi connectivity index (χ2n) is 9.25. The number of amides is 1. The van der Waals surface area contributed by atoms with Gasteiger partial charge < -0.3 is 18.9 Å². The predicted octanol–water partition coefficient (Wildman–Crippen LogP) is 5.80. The third-order valence-electron chi connectivity index (χ3n) is 6.63. The van der Waals surface area contributed by atoms with Crippen molar-refractivity contribution in [3.05, 3.63) is 77.8 Å². The average Bonchev–Trinajstić information content (AvgIpc) is 2.98. The van der Waals surface area contributed by atoms with Crippen LogP contribution in [0.1, 0.15) is 6.92 Å². The molecule has 0 bridgehead atoms. The van der Waals surface area contributed by atoms with E-state index in [1.54, 1.807) is 13.0 Å². The number of halogens is 1. The molecule has 0 saturated carbocycles. The smallest absolute Gasteiger partial charge is 0.326 e. The minimum absolute atomic E-state index is 0.148. The number of nitrogens with zero attached hydrogens (tertiary/aromatic N) is 2. The number of aromatic nitrogens is 1. The lowest BCUT2D eigenvalue weighted by atomic mass is 9.99. The summed E-state index contributed by atoms with van der Waals surface area (Å²) in [5, 5.41) is 0.645. The zero-order valence-electron chi connectivity index (χ0n) is 21.7. The maximum atomic E-state index is 12.7. The van der Waals surface area contributed by atoms with E-state index in [9.17, 15) is 9.59 Å². The van der Waals surface area contributed by atoms with Crippen molar-refractivity contribution >= 4 is 29.2 Å². The van der Waals surface area contributed by atoms with E-state index in [0.29, 0.717) is 46.9 Å². The number of ether oxygens (including phenoxy) is 4. The number of pyridine rings is 1. The fraction of sp³-hybridized carbons (Fsp3) is 0.194. The van der Waals surface area contributed by atoms with Gasteiger partial charge in [-0.15, -0.1) is 0 Å². The molecule has 0 saturated heterocycles. The third-order valence-corrected chi connectivity index (χ3v) is 6.88. The summed E-state index contributed by atoms with van der Waals surface area (Å²) in [5.74, 6) is 1.07. The van der Waals surface area contributed by atoms with Crippen LogP contribution in [0.3, 0.4) is 0 Å². The van der Waals surface area contributed by atoms with E-state index < -0.39 is 5.97 Å². The van der Waals surface area contributed by atoms with E-state index in [1.807, 2.05) is 66.7 Å². The molecule has 0 atom stereocenters. The molecule has 9 heteroatoms. The topological polar surface area (TPSA) is 87.2 Å². The lowest BCUT2D eigenvalue weighted by molar-refractivity contribution is -0.142. The zero-order valence-corrected chi connectivity index (χ0v) is 22.4. The second kappa shape index (κ2) is 10.9. The Morgan fingerprint density at radius 3 is 2.20 bits per heavy atom. The van der Waals surface area contributed by atoms with Crippen LogP contribution in [0.25, 0.3) is 33.6 Å². The summed E-state index contributed by atoms with van der Waals surface area (Å²) in [6.07, 6.45) is 0. The number of carbonyl (C=O) groups excluding carboxylic acids is 2. The highest BCUT2D eigenvalue weighted by Gasteiger charge is 2.28. The van der Waals surface area contributed by atoms with Crippen molar-refractivity contribution in [3.8, 4) is 50.9 Å². The van der Waals surface area contributed by atoms with Crippen LogP contribution < -0.4 is 19.1 Å². The highest BCUT2D eigenvalue weighted by Crippen LogP contribution is 2.39. The summed E-state index contributed by atoms with van der Waals surface area (Å²) in [6.45, 7) is 2.60. The van der Waals surface area contributed by atoms with Gasteiger partial charge >= 0.3 is 5.97 Å².